The molecule has 4 rings (SSSR count). The lowest BCUT2D eigenvalue weighted by Crippen LogP contribution is -2.71. The number of rotatable bonds is 9. The Balaban J connectivity index is 1.92. The zero-order valence-corrected chi connectivity index (χ0v) is 21.0. The number of aliphatic imine (C=N–C) groups is 1. The van der Waals surface area contributed by atoms with Gasteiger partial charge in [-0.05, 0) is 51.0 Å². The van der Waals surface area contributed by atoms with E-state index in [1.807, 2.05) is 6.08 Å². The van der Waals surface area contributed by atoms with Crippen LogP contribution in [0.4, 0.5) is 11.4 Å². The first-order valence-corrected chi connectivity index (χ1v) is 12.2. The summed E-state index contributed by atoms with van der Waals surface area (Å²) in [7, 11) is 2.23. The van der Waals surface area contributed by atoms with Crippen molar-refractivity contribution in [1.29, 1.82) is 0 Å². The van der Waals surface area contributed by atoms with E-state index in [4.69, 9.17) is 4.99 Å². The molecule has 1 aliphatic heterocycles. The molecule has 2 aromatic rings. The van der Waals surface area contributed by atoms with Crippen LogP contribution in [-0.4, -0.2) is 30.4 Å². The van der Waals surface area contributed by atoms with E-state index >= 15 is 0 Å². The maximum Gasteiger partial charge on any atom is 0.0683 e. The highest BCUT2D eigenvalue weighted by Gasteiger charge is 2.65. The number of fused-ring (bicyclic) bond motifs is 3. The van der Waals surface area contributed by atoms with E-state index in [-0.39, 0.29) is 23.4 Å². The van der Waals surface area contributed by atoms with Gasteiger partial charge in [-0.1, -0.05) is 73.4 Å². The number of nitrogens with zero attached hydrogens (tertiary/aromatic N) is 2. The molecule has 4 atom stereocenters. The molecule has 0 radical (unpaired) electrons. The molecule has 4 unspecified atom stereocenters. The van der Waals surface area contributed by atoms with Crippen molar-refractivity contribution in [2.75, 3.05) is 17.3 Å². The van der Waals surface area contributed by atoms with E-state index in [1.165, 1.54) is 16.8 Å². The minimum Gasteiger partial charge on any atom is -0.381 e. The van der Waals surface area contributed by atoms with E-state index in [9.17, 15) is 0 Å². The third kappa shape index (κ3) is 3.73. The highest BCUT2D eigenvalue weighted by atomic mass is 15.2. The van der Waals surface area contributed by atoms with Gasteiger partial charge in [-0.2, -0.15) is 0 Å². The van der Waals surface area contributed by atoms with Crippen molar-refractivity contribution in [3.63, 3.8) is 0 Å². The lowest BCUT2D eigenvalue weighted by molar-refractivity contribution is 0.0857. The molecule has 3 heteroatoms. The van der Waals surface area contributed by atoms with Gasteiger partial charge >= 0.3 is 0 Å². The van der Waals surface area contributed by atoms with Crippen molar-refractivity contribution in [3.05, 3.63) is 109 Å². The monoisotopic (exact) mass is 451 g/mol. The summed E-state index contributed by atoms with van der Waals surface area (Å²) in [6.07, 6.45) is 9.03. The second kappa shape index (κ2) is 9.50. The molecule has 2 aliphatic rings. The van der Waals surface area contributed by atoms with Crippen LogP contribution in [-0.2, 0) is 0 Å². The molecule has 0 amide bonds. The normalized spacial score (nSPS) is 25.1. The molecule has 0 bridgehead atoms. The molecule has 0 saturated heterocycles. The van der Waals surface area contributed by atoms with Crippen molar-refractivity contribution in [3.8, 4) is 0 Å². The van der Waals surface area contributed by atoms with Crippen molar-refractivity contribution >= 4 is 17.1 Å². The number of likely N-dealkylation sites (N-methyl/N-ethyl adjacent to an activating group) is 1. The van der Waals surface area contributed by atoms with Gasteiger partial charge in [0.1, 0.15) is 0 Å². The molecule has 176 valence electrons. The van der Waals surface area contributed by atoms with Gasteiger partial charge in [0.05, 0.1) is 28.7 Å². The Hall–Kier alpha value is -3.33. The molecular formula is C31H37N3. The first kappa shape index (κ1) is 23.8. The molecule has 1 saturated carbocycles. The molecule has 1 heterocycles. The topological polar surface area (TPSA) is 27.6 Å². The Labute approximate surface area is 205 Å². The van der Waals surface area contributed by atoms with E-state index in [2.05, 4.69) is 125 Å². The Morgan fingerprint density at radius 1 is 1.15 bits per heavy atom. The average molecular weight is 452 g/mol. The van der Waals surface area contributed by atoms with Crippen LogP contribution in [0.25, 0.3) is 0 Å². The Kier molecular flexibility index (Phi) is 6.65. The van der Waals surface area contributed by atoms with Crippen LogP contribution >= 0.6 is 0 Å². The second-order valence-corrected chi connectivity index (χ2v) is 9.74. The summed E-state index contributed by atoms with van der Waals surface area (Å²) in [5.74, 6) is 0.384. The number of hydrogen-bond donors (Lipinski definition) is 1. The van der Waals surface area contributed by atoms with Crippen LogP contribution in [0.15, 0.2) is 103 Å². The van der Waals surface area contributed by atoms with Crippen LogP contribution in [0.2, 0.25) is 0 Å². The summed E-state index contributed by atoms with van der Waals surface area (Å²) in [6, 6.07) is 17.7. The Morgan fingerprint density at radius 2 is 1.85 bits per heavy atom. The Bertz CT molecular complexity index is 1150. The number of anilines is 2. The number of nitrogens with one attached hydrogen (secondary N) is 1. The van der Waals surface area contributed by atoms with Crippen molar-refractivity contribution in [1.82, 2.24) is 0 Å². The summed E-state index contributed by atoms with van der Waals surface area (Å²) < 4.78 is 0. The molecule has 2 aromatic carbocycles. The van der Waals surface area contributed by atoms with Gasteiger partial charge in [0.25, 0.3) is 0 Å². The van der Waals surface area contributed by atoms with Gasteiger partial charge in [0, 0.05) is 30.5 Å². The van der Waals surface area contributed by atoms with Crippen LogP contribution in [0.5, 0.6) is 0 Å². The molecule has 0 spiro atoms. The predicted octanol–water partition coefficient (Wildman–Crippen LogP) is 7.16. The van der Waals surface area contributed by atoms with Crippen molar-refractivity contribution < 1.29 is 0 Å². The van der Waals surface area contributed by atoms with E-state index in [0.717, 1.165) is 23.4 Å². The highest BCUT2D eigenvalue weighted by molar-refractivity contribution is 6.10. The fourth-order valence-corrected chi connectivity index (χ4v) is 6.09. The standard InChI is InChI=1S/C31H37N3/c1-8-15-22(6)20-31(34(7)28-19-14-13-18-27(28)32-21(4)5)25(9-2)30-29(31)24-17-12-11-16-23(24)26(10-3)33-30/h8-19,21,25,29-30,32H,2-3,6,20H2,1,4-5,7H3/b15-8-. The van der Waals surface area contributed by atoms with Crippen molar-refractivity contribution in [2.24, 2.45) is 10.9 Å². The number of para-hydroxylation sites is 2. The molecule has 1 N–H and O–H groups in total. The van der Waals surface area contributed by atoms with Gasteiger partial charge in [0.2, 0.25) is 0 Å². The van der Waals surface area contributed by atoms with E-state index in [1.54, 1.807) is 0 Å². The molecule has 1 aliphatic carbocycles. The summed E-state index contributed by atoms with van der Waals surface area (Å²) in [5.41, 5.74) is 6.70. The van der Waals surface area contributed by atoms with Gasteiger partial charge < -0.3 is 10.2 Å². The minimum atomic E-state index is -0.246. The maximum absolute atomic E-state index is 5.19. The molecule has 3 nitrogen and oxygen atoms in total. The second-order valence-electron chi connectivity index (χ2n) is 9.74. The predicted molar refractivity (Wildman–Crippen MR) is 148 cm³/mol. The summed E-state index contributed by atoms with van der Waals surface area (Å²) in [5, 5.41) is 3.65. The average Bonchev–Trinajstić information content (AvgIpc) is 2.81. The first-order valence-electron chi connectivity index (χ1n) is 12.2. The molecule has 1 fully saturated rings. The van der Waals surface area contributed by atoms with Gasteiger partial charge in [-0.3, -0.25) is 4.99 Å². The summed E-state index contributed by atoms with van der Waals surface area (Å²) in [4.78, 5) is 7.67. The van der Waals surface area contributed by atoms with Gasteiger partial charge in [-0.25, -0.2) is 0 Å². The quantitative estimate of drug-likeness (QED) is 0.323. The zero-order valence-electron chi connectivity index (χ0n) is 21.0. The van der Waals surface area contributed by atoms with Crippen LogP contribution < -0.4 is 10.2 Å². The summed E-state index contributed by atoms with van der Waals surface area (Å²) in [6.45, 7) is 19.2. The SMILES string of the molecule is C=CC1=NC2C(C=C)C(CC(=C)/C=C\C)(N(C)c3ccccc3NC(C)C)C2c2ccccc21. The fourth-order valence-electron chi connectivity index (χ4n) is 6.09. The zero-order chi connectivity index (χ0) is 24.5. The fraction of sp³-hybridized carbons (Fsp3) is 0.323. The third-order valence-electron chi connectivity index (χ3n) is 7.38. The Morgan fingerprint density at radius 3 is 2.53 bits per heavy atom. The first-order chi connectivity index (χ1) is 16.4. The lowest BCUT2D eigenvalue weighted by Gasteiger charge is -2.65. The van der Waals surface area contributed by atoms with E-state index < -0.39 is 0 Å². The van der Waals surface area contributed by atoms with Crippen LogP contribution in [0, 0.1) is 5.92 Å². The molecule has 34 heavy (non-hydrogen) atoms. The number of hydrogen-bond acceptors (Lipinski definition) is 3. The van der Waals surface area contributed by atoms with Crippen LogP contribution in [0.1, 0.15) is 44.2 Å². The third-order valence-corrected chi connectivity index (χ3v) is 7.38. The highest BCUT2D eigenvalue weighted by Crippen LogP contribution is 2.61. The number of benzene rings is 2. The van der Waals surface area contributed by atoms with E-state index in [0.29, 0.717) is 6.04 Å². The molecular weight excluding hydrogens is 414 g/mol. The van der Waals surface area contributed by atoms with Crippen LogP contribution in [0.3, 0.4) is 0 Å². The number of allylic oxidation sites excluding steroid dienone is 3. The van der Waals surface area contributed by atoms with Gasteiger partial charge in [-0.15, -0.1) is 6.58 Å². The summed E-state index contributed by atoms with van der Waals surface area (Å²) >= 11 is 0. The largest absolute Gasteiger partial charge is 0.381 e. The maximum atomic E-state index is 5.19. The minimum absolute atomic E-state index is 0.131. The smallest absolute Gasteiger partial charge is 0.0683 e. The lowest BCUT2D eigenvalue weighted by atomic mass is 9.49. The molecule has 0 aromatic heterocycles. The van der Waals surface area contributed by atoms with Crippen molar-refractivity contribution in [2.45, 2.75) is 50.7 Å². The van der Waals surface area contributed by atoms with Gasteiger partial charge in [0.15, 0.2) is 0 Å².